The lowest BCUT2D eigenvalue weighted by molar-refractivity contribution is 0.0987. The van der Waals surface area contributed by atoms with Gasteiger partial charge in [-0.2, -0.15) is 5.10 Å². The van der Waals surface area contributed by atoms with E-state index in [4.69, 9.17) is 0 Å². The van der Waals surface area contributed by atoms with Crippen molar-refractivity contribution in [2.75, 3.05) is 0 Å². The Labute approximate surface area is 103 Å². The minimum absolute atomic E-state index is 0.220. The number of hydrogen-bond acceptors (Lipinski definition) is 2. The topological polar surface area (TPSA) is 34.9 Å². The van der Waals surface area contributed by atoms with Crippen molar-refractivity contribution in [1.82, 2.24) is 9.78 Å². The summed E-state index contributed by atoms with van der Waals surface area (Å²) in [6, 6.07) is 0. The molecule has 0 unspecified atom stereocenters. The molecule has 0 spiro atoms. The van der Waals surface area contributed by atoms with Crippen molar-refractivity contribution in [3.63, 3.8) is 0 Å². The van der Waals surface area contributed by atoms with Crippen LogP contribution in [0, 0.1) is 19.8 Å². The van der Waals surface area contributed by atoms with Crippen molar-refractivity contribution in [3.05, 3.63) is 17.0 Å². The van der Waals surface area contributed by atoms with Crippen LogP contribution < -0.4 is 0 Å². The van der Waals surface area contributed by atoms with E-state index in [-0.39, 0.29) is 5.78 Å². The fourth-order valence-electron chi connectivity index (χ4n) is 2.89. The molecule has 3 heteroatoms. The van der Waals surface area contributed by atoms with Crippen molar-refractivity contribution in [2.45, 2.75) is 59.4 Å². The van der Waals surface area contributed by atoms with Gasteiger partial charge in [-0.15, -0.1) is 0 Å². The standard InChI is InChI=1S/C14H22N2O/c1-4-13(17)14-10(2)15-16(11(14)3)9-12-7-5-6-8-12/h12H,4-9H2,1-3H3. The van der Waals surface area contributed by atoms with Crippen LogP contribution in [-0.4, -0.2) is 15.6 Å². The smallest absolute Gasteiger partial charge is 0.166 e. The summed E-state index contributed by atoms with van der Waals surface area (Å²) in [5.41, 5.74) is 2.80. The third-order valence-corrected chi connectivity index (χ3v) is 3.89. The maximum atomic E-state index is 11.9. The summed E-state index contributed by atoms with van der Waals surface area (Å²) < 4.78 is 2.05. The Bertz CT molecular complexity index is 414. The summed E-state index contributed by atoms with van der Waals surface area (Å²) >= 11 is 0. The van der Waals surface area contributed by atoms with Gasteiger partial charge in [-0.25, -0.2) is 0 Å². The molecule has 0 bridgehead atoms. The van der Waals surface area contributed by atoms with Crippen LogP contribution >= 0.6 is 0 Å². The zero-order valence-electron chi connectivity index (χ0n) is 11.1. The number of aromatic nitrogens is 2. The lowest BCUT2D eigenvalue weighted by Crippen LogP contribution is -2.11. The molecule has 0 atom stereocenters. The first kappa shape index (κ1) is 12.3. The van der Waals surface area contributed by atoms with Crippen LogP contribution in [-0.2, 0) is 6.54 Å². The molecule has 1 aliphatic carbocycles. The first-order valence-electron chi connectivity index (χ1n) is 6.70. The van der Waals surface area contributed by atoms with E-state index < -0.39 is 0 Å². The lowest BCUT2D eigenvalue weighted by atomic mass is 10.1. The third kappa shape index (κ3) is 2.43. The molecule has 1 aromatic heterocycles. The molecule has 94 valence electrons. The maximum absolute atomic E-state index is 11.9. The monoisotopic (exact) mass is 234 g/mol. The van der Waals surface area contributed by atoms with E-state index in [1.54, 1.807) is 0 Å². The van der Waals surface area contributed by atoms with Crippen LogP contribution in [0.3, 0.4) is 0 Å². The average Bonchev–Trinajstić information content (AvgIpc) is 2.89. The van der Waals surface area contributed by atoms with Crippen LogP contribution in [0.5, 0.6) is 0 Å². The maximum Gasteiger partial charge on any atom is 0.166 e. The van der Waals surface area contributed by atoms with Crippen LogP contribution in [0.25, 0.3) is 0 Å². The SMILES string of the molecule is CCC(=O)c1c(C)nn(CC2CCCC2)c1C. The molecular weight excluding hydrogens is 212 g/mol. The predicted octanol–water partition coefficient (Wildman–Crippen LogP) is 3.28. The average molecular weight is 234 g/mol. The van der Waals surface area contributed by atoms with Crippen LogP contribution in [0.4, 0.5) is 0 Å². The second-order valence-corrected chi connectivity index (χ2v) is 5.16. The minimum Gasteiger partial charge on any atom is -0.294 e. The Balaban J connectivity index is 2.20. The third-order valence-electron chi connectivity index (χ3n) is 3.89. The molecule has 0 amide bonds. The number of carbonyl (C=O) groups is 1. The van der Waals surface area contributed by atoms with E-state index in [0.717, 1.165) is 29.4 Å². The van der Waals surface area contributed by atoms with Gasteiger partial charge in [-0.05, 0) is 32.6 Å². The van der Waals surface area contributed by atoms with Crippen molar-refractivity contribution < 1.29 is 4.79 Å². The van der Waals surface area contributed by atoms with Gasteiger partial charge in [0.25, 0.3) is 0 Å². The molecule has 1 fully saturated rings. The Morgan fingerprint density at radius 1 is 1.35 bits per heavy atom. The fourth-order valence-corrected chi connectivity index (χ4v) is 2.89. The molecule has 1 aliphatic rings. The molecule has 1 aromatic rings. The van der Waals surface area contributed by atoms with Gasteiger partial charge >= 0.3 is 0 Å². The van der Waals surface area contributed by atoms with Crippen molar-refractivity contribution in [1.29, 1.82) is 0 Å². The van der Waals surface area contributed by atoms with Gasteiger partial charge in [0.15, 0.2) is 5.78 Å². The highest BCUT2D eigenvalue weighted by Crippen LogP contribution is 2.27. The second-order valence-electron chi connectivity index (χ2n) is 5.16. The quantitative estimate of drug-likeness (QED) is 0.749. The molecule has 0 N–H and O–H groups in total. The van der Waals surface area contributed by atoms with E-state index in [1.165, 1.54) is 25.7 Å². The van der Waals surface area contributed by atoms with E-state index in [0.29, 0.717) is 6.42 Å². The number of rotatable bonds is 4. The first-order chi connectivity index (χ1) is 8.13. The first-order valence-corrected chi connectivity index (χ1v) is 6.70. The van der Waals surface area contributed by atoms with Gasteiger partial charge in [-0.3, -0.25) is 9.48 Å². The van der Waals surface area contributed by atoms with Gasteiger partial charge in [0.2, 0.25) is 0 Å². The molecule has 3 nitrogen and oxygen atoms in total. The summed E-state index contributed by atoms with van der Waals surface area (Å²) in [4.78, 5) is 11.9. The number of aryl methyl sites for hydroxylation is 1. The number of carbonyl (C=O) groups excluding carboxylic acids is 1. The van der Waals surface area contributed by atoms with Gasteiger partial charge in [0.1, 0.15) is 0 Å². The molecule has 2 rings (SSSR count). The summed E-state index contributed by atoms with van der Waals surface area (Å²) in [6.07, 6.45) is 5.90. The molecule has 0 aromatic carbocycles. The molecule has 0 saturated heterocycles. The molecular formula is C14H22N2O. The normalized spacial score (nSPS) is 16.6. The van der Waals surface area contributed by atoms with Crippen LogP contribution in [0.2, 0.25) is 0 Å². The van der Waals surface area contributed by atoms with E-state index in [1.807, 2.05) is 25.5 Å². The van der Waals surface area contributed by atoms with Crippen LogP contribution in [0.15, 0.2) is 0 Å². The minimum atomic E-state index is 0.220. The highest BCUT2D eigenvalue weighted by Gasteiger charge is 2.21. The Morgan fingerprint density at radius 2 is 2.00 bits per heavy atom. The van der Waals surface area contributed by atoms with Crippen molar-refractivity contribution in [2.24, 2.45) is 5.92 Å². The molecule has 0 radical (unpaired) electrons. The van der Waals surface area contributed by atoms with Crippen molar-refractivity contribution >= 4 is 5.78 Å². The zero-order chi connectivity index (χ0) is 12.4. The van der Waals surface area contributed by atoms with Gasteiger partial charge in [0.05, 0.1) is 11.3 Å². The highest BCUT2D eigenvalue weighted by molar-refractivity contribution is 5.97. The van der Waals surface area contributed by atoms with Crippen LogP contribution in [0.1, 0.15) is 60.8 Å². The van der Waals surface area contributed by atoms with E-state index in [2.05, 4.69) is 5.10 Å². The Kier molecular flexibility index (Phi) is 3.65. The summed E-state index contributed by atoms with van der Waals surface area (Å²) in [6.45, 7) is 6.87. The van der Waals surface area contributed by atoms with E-state index >= 15 is 0 Å². The number of hydrogen-bond donors (Lipinski definition) is 0. The Hall–Kier alpha value is -1.12. The predicted molar refractivity (Wildman–Crippen MR) is 68.3 cm³/mol. The second kappa shape index (κ2) is 5.03. The summed E-state index contributed by atoms with van der Waals surface area (Å²) in [5.74, 6) is 0.982. The highest BCUT2D eigenvalue weighted by atomic mass is 16.1. The molecule has 1 saturated carbocycles. The summed E-state index contributed by atoms with van der Waals surface area (Å²) in [7, 11) is 0. The summed E-state index contributed by atoms with van der Waals surface area (Å²) in [5, 5.41) is 4.54. The number of nitrogens with zero attached hydrogens (tertiary/aromatic N) is 2. The van der Waals surface area contributed by atoms with E-state index in [9.17, 15) is 4.79 Å². The molecule has 17 heavy (non-hydrogen) atoms. The number of Topliss-reactive ketones (excluding diaryl/α,β-unsaturated/α-hetero) is 1. The Morgan fingerprint density at radius 3 is 2.59 bits per heavy atom. The zero-order valence-corrected chi connectivity index (χ0v) is 11.1. The van der Waals surface area contributed by atoms with Gasteiger partial charge < -0.3 is 0 Å². The molecule has 0 aliphatic heterocycles. The van der Waals surface area contributed by atoms with Gasteiger partial charge in [0, 0.05) is 18.7 Å². The molecule has 1 heterocycles. The number of ketones is 1. The largest absolute Gasteiger partial charge is 0.294 e. The lowest BCUT2D eigenvalue weighted by Gasteiger charge is -2.10. The van der Waals surface area contributed by atoms with Crippen molar-refractivity contribution in [3.8, 4) is 0 Å². The van der Waals surface area contributed by atoms with Gasteiger partial charge in [-0.1, -0.05) is 19.8 Å². The fraction of sp³-hybridized carbons (Fsp3) is 0.714.